The number of hydrogen-bond acceptors (Lipinski definition) is 2. The first-order chi connectivity index (χ1) is 15.9. The number of carbonyl (C=O) groups is 1. The Morgan fingerprint density at radius 1 is 0.848 bits per heavy atom. The van der Waals surface area contributed by atoms with Crippen LogP contribution in [0.5, 0.6) is 5.75 Å². The molecule has 1 heterocycles. The largest absolute Gasteiger partial charge is 0.488 e. The number of para-hydroxylation sites is 1. The smallest absolute Gasteiger partial charge is 0.244 e. The van der Waals surface area contributed by atoms with Crippen LogP contribution in [0.15, 0.2) is 79.0 Å². The van der Waals surface area contributed by atoms with E-state index in [0.717, 1.165) is 27.9 Å². The van der Waals surface area contributed by atoms with Crippen LogP contribution in [-0.2, 0) is 17.9 Å². The van der Waals surface area contributed by atoms with Crippen LogP contribution in [0, 0.1) is 0 Å². The molecule has 170 valence electrons. The SMILES string of the molecule is CC(C)c1cccc(C(C)C)c1NC(=O)Cn1ccc2c(OCc3ccccc3)cccc21. The molecular formula is C29H32N2O2. The first kappa shape index (κ1) is 22.7. The van der Waals surface area contributed by atoms with Gasteiger partial charge in [-0.2, -0.15) is 0 Å². The Bertz CT molecular complexity index is 1210. The highest BCUT2D eigenvalue weighted by atomic mass is 16.5. The minimum absolute atomic E-state index is 0.0295. The van der Waals surface area contributed by atoms with Gasteiger partial charge in [-0.1, -0.05) is 82.3 Å². The number of anilines is 1. The molecule has 0 bridgehead atoms. The Morgan fingerprint density at radius 2 is 1.52 bits per heavy atom. The van der Waals surface area contributed by atoms with E-state index < -0.39 is 0 Å². The first-order valence-corrected chi connectivity index (χ1v) is 11.6. The molecule has 3 aromatic carbocycles. The van der Waals surface area contributed by atoms with Crippen LogP contribution < -0.4 is 10.1 Å². The third-order valence-corrected chi connectivity index (χ3v) is 5.96. The summed E-state index contributed by atoms with van der Waals surface area (Å²) in [4.78, 5) is 13.1. The summed E-state index contributed by atoms with van der Waals surface area (Å²) >= 11 is 0. The van der Waals surface area contributed by atoms with Crippen LogP contribution >= 0.6 is 0 Å². The summed E-state index contributed by atoms with van der Waals surface area (Å²) in [6.07, 6.45) is 1.96. The van der Waals surface area contributed by atoms with E-state index in [2.05, 4.69) is 63.3 Å². The molecule has 0 aliphatic carbocycles. The molecule has 0 saturated heterocycles. The Hall–Kier alpha value is -3.53. The van der Waals surface area contributed by atoms with Crippen molar-refractivity contribution in [2.24, 2.45) is 0 Å². The van der Waals surface area contributed by atoms with Crippen LogP contribution in [0.3, 0.4) is 0 Å². The van der Waals surface area contributed by atoms with Crippen LogP contribution in [0.25, 0.3) is 10.9 Å². The number of aromatic nitrogens is 1. The molecule has 0 aliphatic heterocycles. The fourth-order valence-electron chi connectivity index (χ4n) is 4.22. The lowest BCUT2D eigenvalue weighted by atomic mass is 9.92. The lowest BCUT2D eigenvalue weighted by Gasteiger charge is -2.20. The molecule has 0 spiro atoms. The zero-order valence-corrected chi connectivity index (χ0v) is 19.8. The molecule has 4 aromatic rings. The lowest BCUT2D eigenvalue weighted by molar-refractivity contribution is -0.116. The van der Waals surface area contributed by atoms with E-state index in [9.17, 15) is 4.79 Å². The van der Waals surface area contributed by atoms with Gasteiger partial charge >= 0.3 is 0 Å². The molecule has 0 fully saturated rings. The highest BCUT2D eigenvalue weighted by molar-refractivity contribution is 5.94. The third-order valence-electron chi connectivity index (χ3n) is 5.96. The second kappa shape index (κ2) is 9.95. The van der Waals surface area contributed by atoms with Gasteiger partial charge in [0.05, 0.1) is 5.52 Å². The number of nitrogens with one attached hydrogen (secondary N) is 1. The zero-order valence-electron chi connectivity index (χ0n) is 19.8. The molecule has 0 saturated carbocycles. The molecule has 4 rings (SSSR count). The number of benzene rings is 3. The number of amides is 1. The Kier molecular flexibility index (Phi) is 6.83. The van der Waals surface area contributed by atoms with E-state index in [0.29, 0.717) is 18.4 Å². The van der Waals surface area contributed by atoms with Crippen molar-refractivity contribution in [2.75, 3.05) is 5.32 Å². The van der Waals surface area contributed by atoms with Crippen molar-refractivity contribution in [1.82, 2.24) is 4.57 Å². The van der Waals surface area contributed by atoms with Crippen molar-refractivity contribution in [3.05, 3.63) is 95.7 Å². The van der Waals surface area contributed by atoms with Gasteiger partial charge in [0.2, 0.25) is 5.91 Å². The fraction of sp³-hybridized carbons (Fsp3) is 0.276. The molecule has 1 N–H and O–H groups in total. The molecule has 0 atom stereocenters. The van der Waals surface area contributed by atoms with Crippen LogP contribution in [-0.4, -0.2) is 10.5 Å². The number of fused-ring (bicyclic) bond motifs is 1. The van der Waals surface area contributed by atoms with Gasteiger partial charge < -0.3 is 14.6 Å². The Labute approximate surface area is 196 Å². The summed E-state index contributed by atoms with van der Waals surface area (Å²) in [5, 5.41) is 4.22. The van der Waals surface area contributed by atoms with Crippen LogP contribution in [0.4, 0.5) is 5.69 Å². The average Bonchev–Trinajstić information content (AvgIpc) is 3.21. The van der Waals surface area contributed by atoms with E-state index >= 15 is 0 Å². The number of hydrogen-bond donors (Lipinski definition) is 1. The molecule has 4 heteroatoms. The lowest BCUT2D eigenvalue weighted by Crippen LogP contribution is -2.20. The average molecular weight is 441 g/mol. The summed E-state index contributed by atoms with van der Waals surface area (Å²) in [5.41, 5.74) is 5.40. The van der Waals surface area contributed by atoms with Gasteiger partial charge in [-0.25, -0.2) is 0 Å². The van der Waals surface area contributed by atoms with Crippen molar-refractivity contribution in [1.29, 1.82) is 0 Å². The van der Waals surface area contributed by atoms with Crippen molar-refractivity contribution < 1.29 is 9.53 Å². The predicted molar refractivity (Wildman–Crippen MR) is 136 cm³/mol. The van der Waals surface area contributed by atoms with Gasteiger partial charge in [0.1, 0.15) is 18.9 Å². The van der Waals surface area contributed by atoms with E-state index in [4.69, 9.17) is 4.74 Å². The van der Waals surface area contributed by atoms with Crippen molar-refractivity contribution in [3.8, 4) is 5.75 Å². The van der Waals surface area contributed by atoms with Gasteiger partial charge in [0, 0.05) is 17.3 Å². The maximum atomic E-state index is 13.1. The molecule has 0 unspecified atom stereocenters. The first-order valence-electron chi connectivity index (χ1n) is 11.6. The second-order valence-corrected chi connectivity index (χ2v) is 9.08. The van der Waals surface area contributed by atoms with E-state index in [1.165, 1.54) is 11.1 Å². The number of carbonyl (C=O) groups excluding carboxylic acids is 1. The highest BCUT2D eigenvalue weighted by Gasteiger charge is 2.17. The minimum Gasteiger partial charge on any atom is -0.488 e. The summed E-state index contributed by atoms with van der Waals surface area (Å²) in [7, 11) is 0. The van der Waals surface area contributed by atoms with E-state index in [-0.39, 0.29) is 12.5 Å². The molecule has 0 aliphatic rings. The maximum absolute atomic E-state index is 13.1. The normalized spacial score (nSPS) is 11.3. The van der Waals surface area contributed by atoms with Gasteiger partial charge in [-0.15, -0.1) is 0 Å². The maximum Gasteiger partial charge on any atom is 0.244 e. The molecule has 1 amide bonds. The fourth-order valence-corrected chi connectivity index (χ4v) is 4.22. The van der Waals surface area contributed by atoms with Gasteiger partial charge in [0.15, 0.2) is 0 Å². The zero-order chi connectivity index (χ0) is 23.4. The van der Waals surface area contributed by atoms with Crippen molar-refractivity contribution in [2.45, 2.75) is 52.7 Å². The third kappa shape index (κ3) is 5.11. The molecule has 1 aromatic heterocycles. The summed E-state index contributed by atoms with van der Waals surface area (Å²) in [6.45, 7) is 9.39. The van der Waals surface area contributed by atoms with E-state index in [1.807, 2.05) is 53.2 Å². The molecule has 4 nitrogen and oxygen atoms in total. The standard InChI is InChI=1S/C29H32N2O2/c1-20(2)23-12-8-13-24(21(3)4)29(23)30-28(32)18-31-17-16-25-26(31)14-9-15-27(25)33-19-22-10-6-5-7-11-22/h5-17,20-21H,18-19H2,1-4H3,(H,30,32). The highest BCUT2D eigenvalue weighted by Crippen LogP contribution is 2.33. The Balaban J connectivity index is 1.54. The topological polar surface area (TPSA) is 43.3 Å². The van der Waals surface area contributed by atoms with Crippen molar-refractivity contribution in [3.63, 3.8) is 0 Å². The number of rotatable bonds is 8. The second-order valence-electron chi connectivity index (χ2n) is 9.08. The molecular weight excluding hydrogens is 408 g/mol. The van der Waals surface area contributed by atoms with Gasteiger partial charge in [-0.05, 0) is 46.7 Å². The van der Waals surface area contributed by atoms with Crippen molar-refractivity contribution >= 4 is 22.5 Å². The Morgan fingerprint density at radius 3 is 2.18 bits per heavy atom. The quantitative estimate of drug-likeness (QED) is 0.317. The minimum atomic E-state index is -0.0295. The van der Waals surface area contributed by atoms with Gasteiger partial charge in [-0.3, -0.25) is 4.79 Å². The number of nitrogens with zero attached hydrogens (tertiary/aromatic N) is 1. The summed E-state index contributed by atoms with van der Waals surface area (Å²) in [5.74, 6) is 1.45. The van der Waals surface area contributed by atoms with Gasteiger partial charge in [0.25, 0.3) is 0 Å². The molecule has 0 radical (unpaired) electrons. The van der Waals surface area contributed by atoms with E-state index in [1.54, 1.807) is 0 Å². The van der Waals surface area contributed by atoms with Crippen LogP contribution in [0.1, 0.15) is 56.2 Å². The number of ether oxygens (including phenoxy) is 1. The monoisotopic (exact) mass is 440 g/mol. The molecule has 33 heavy (non-hydrogen) atoms. The predicted octanol–water partition coefficient (Wildman–Crippen LogP) is 7.11. The summed E-state index contributed by atoms with van der Waals surface area (Å²) < 4.78 is 8.07. The van der Waals surface area contributed by atoms with Crippen LogP contribution in [0.2, 0.25) is 0 Å². The summed E-state index contributed by atoms with van der Waals surface area (Å²) in [6, 6.07) is 24.4.